The van der Waals surface area contributed by atoms with Gasteiger partial charge < -0.3 is 20.3 Å². The smallest absolute Gasteiger partial charge is 0.317 e. The number of methoxy groups -OCH3 is 1. The number of amides is 3. The van der Waals surface area contributed by atoms with E-state index in [0.717, 1.165) is 16.8 Å². The first-order valence-electron chi connectivity index (χ1n) is 9.10. The number of carbonyl (C=O) groups is 2. The number of hydrogen-bond acceptors (Lipinski definition) is 3. The van der Waals surface area contributed by atoms with E-state index in [4.69, 9.17) is 4.74 Å². The summed E-state index contributed by atoms with van der Waals surface area (Å²) in [7, 11) is 1.61. The van der Waals surface area contributed by atoms with Crippen LogP contribution in [0.3, 0.4) is 0 Å². The van der Waals surface area contributed by atoms with Gasteiger partial charge in [-0.3, -0.25) is 4.79 Å². The number of carbonyl (C=O) groups excluding carboxylic acids is 2. The Morgan fingerprint density at radius 1 is 1.26 bits per heavy atom. The van der Waals surface area contributed by atoms with Crippen LogP contribution in [0, 0.1) is 6.92 Å². The topological polar surface area (TPSA) is 70.7 Å². The van der Waals surface area contributed by atoms with Gasteiger partial charge in [0.2, 0.25) is 5.91 Å². The third-order valence-corrected chi connectivity index (χ3v) is 5.55. The first kappa shape index (κ1) is 17.4. The van der Waals surface area contributed by atoms with E-state index in [1.54, 1.807) is 12.0 Å². The van der Waals surface area contributed by atoms with Crippen molar-refractivity contribution in [1.29, 1.82) is 0 Å². The maximum Gasteiger partial charge on any atom is 0.317 e. The average Bonchev–Trinajstić information content (AvgIpc) is 3.24. The van der Waals surface area contributed by atoms with Gasteiger partial charge in [-0.2, -0.15) is 0 Å². The summed E-state index contributed by atoms with van der Waals surface area (Å²) in [6, 6.07) is 13.5. The zero-order valence-corrected chi connectivity index (χ0v) is 15.5. The zero-order chi connectivity index (χ0) is 19.0. The van der Waals surface area contributed by atoms with Crippen molar-refractivity contribution in [2.24, 2.45) is 0 Å². The molecule has 140 valence electrons. The summed E-state index contributed by atoms with van der Waals surface area (Å²) in [5.41, 5.74) is 3.28. The lowest BCUT2D eigenvalue weighted by molar-refractivity contribution is -0.120. The number of hydrogen-bond donors (Lipinski definition) is 2. The van der Waals surface area contributed by atoms with Crippen LogP contribution in [0.25, 0.3) is 0 Å². The highest BCUT2D eigenvalue weighted by Crippen LogP contribution is 2.45. The van der Waals surface area contributed by atoms with Crippen LogP contribution in [0.5, 0.6) is 5.75 Å². The monoisotopic (exact) mass is 365 g/mol. The van der Waals surface area contributed by atoms with Crippen molar-refractivity contribution in [2.75, 3.05) is 25.5 Å². The Balaban J connectivity index is 1.47. The molecule has 0 bridgehead atoms. The van der Waals surface area contributed by atoms with Gasteiger partial charge in [0.25, 0.3) is 0 Å². The Morgan fingerprint density at radius 2 is 2.04 bits per heavy atom. The Morgan fingerprint density at radius 3 is 2.78 bits per heavy atom. The Bertz CT molecular complexity index is 894. The second kappa shape index (κ2) is 6.61. The molecule has 4 rings (SSSR count). The number of benzene rings is 2. The molecule has 2 aliphatic rings. The van der Waals surface area contributed by atoms with E-state index in [9.17, 15) is 9.59 Å². The van der Waals surface area contributed by atoms with Crippen LogP contribution in [0.1, 0.15) is 23.1 Å². The van der Waals surface area contributed by atoms with Crippen LogP contribution in [0.4, 0.5) is 10.5 Å². The number of anilines is 1. The Hall–Kier alpha value is -3.02. The van der Waals surface area contributed by atoms with E-state index in [0.29, 0.717) is 31.8 Å². The summed E-state index contributed by atoms with van der Waals surface area (Å²) in [6.07, 6.45) is 0.608. The number of ether oxygens (including phenoxy) is 1. The first-order valence-corrected chi connectivity index (χ1v) is 9.10. The predicted molar refractivity (Wildman–Crippen MR) is 103 cm³/mol. The van der Waals surface area contributed by atoms with Crippen LogP contribution in [0.2, 0.25) is 0 Å². The largest absolute Gasteiger partial charge is 0.497 e. The molecule has 3 amide bonds. The number of nitrogens with zero attached hydrogens (tertiary/aromatic N) is 1. The molecule has 1 unspecified atom stereocenters. The molecule has 2 aliphatic heterocycles. The van der Waals surface area contributed by atoms with Crippen LogP contribution >= 0.6 is 0 Å². The maximum atomic E-state index is 12.7. The molecule has 0 saturated carbocycles. The molecule has 1 fully saturated rings. The van der Waals surface area contributed by atoms with Gasteiger partial charge in [0, 0.05) is 25.3 Å². The van der Waals surface area contributed by atoms with E-state index >= 15 is 0 Å². The third kappa shape index (κ3) is 3.01. The molecule has 2 heterocycles. The van der Waals surface area contributed by atoms with Crippen molar-refractivity contribution in [3.63, 3.8) is 0 Å². The lowest BCUT2D eigenvalue weighted by atomic mass is 9.81. The number of aryl methyl sites for hydroxylation is 1. The second-order valence-electron chi connectivity index (χ2n) is 7.26. The zero-order valence-electron chi connectivity index (χ0n) is 15.5. The summed E-state index contributed by atoms with van der Waals surface area (Å²) in [5.74, 6) is 0.673. The number of rotatable bonds is 3. The van der Waals surface area contributed by atoms with Gasteiger partial charge >= 0.3 is 6.03 Å². The van der Waals surface area contributed by atoms with Crippen LogP contribution in [-0.4, -0.2) is 37.0 Å². The molecule has 1 saturated heterocycles. The molecule has 0 aliphatic carbocycles. The third-order valence-electron chi connectivity index (χ3n) is 5.55. The van der Waals surface area contributed by atoms with Crippen LogP contribution in [0.15, 0.2) is 42.5 Å². The number of urea groups is 1. The van der Waals surface area contributed by atoms with Crippen molar-refractivity contribution in [2.45, 2.75) is 25.3 Å². The van der Waals surface area contributed by atoms with Gasteiger partial charge in [0.15, 0.2) is 0 Å². The van der Waals surface area contributed by atoms with Gasteiger partial charge in [-0.05, 0) is 42.7 Å². The van der Waals surface area contributed by atoms with Crippen molar-refractivity contribution in [3.05, 3.63) is 59.2 Å². The highest BCUT2D eigenvalue weighted by atomic mass is 16.5. The maximum absolute atomic E-state index is 12.7. The molecule has 0 radical (unpaired) electrons. The number of fused-ring (bicyclic) bond motifs is 2. The highest BCUT2D eigenvalue weighted by molar-refractivity contribution is 6.07. The molecule has 2 aromatic rings. The van der Waals surface area contributed by atoms with Gasteiger partial charge in [-0.25, -0.2) is 4.79 Å². The molecule has 1 atom stereocenters. The summed E-state index contributed by atoms with van der Waals surface area (Å²) in [6.45, 7) is 3.42. The van der Waals surface area contributed by atoms with E-state index in [1.807, 2.05) is 49.4 Å². The molecule has 2 aromatic carbocycles. The lowest BCUT2D eigenvalue weighted by Crippen LogP contribution is -2.42. The first-order chi connectivity index (χ1) is 13.0. The normalized spacial score (nSPS) is 20.5. The van der Waals surface area contributed by atoms with E-state index in [-0.39, 0.29) is 11.9 Å². The van der Waals surface area contributed by atoms with E-state index in [2.05, 4.69) is 10.6 Å². The minimum atomic E-state index is -0.689. The fourth-order valence-electron chi connectivity index (χ4n) is 3.90. The minimum Gasteiger partial charge on any atom is -0.497 e. The van der Waals surface area contributed by atoms with Gasteiger partial charge in [0.05, 0.1) is 12.5 Å². The summed E-state index contributed by atoms with van der Waals surface area (Å²) in [4.78, 5) is 27.1. The molecule has 2 N–H and O–H groups in total. The molecular formula is C21H23N3O3. The van der Waals surface area contributed by atoms with Gasteiger partial charge in [-0.15, -0.1) is 0 Å². The Kier molecular flexibility index (Phi) is 4.26. The molecule has 1 spiro atoms. The van der Waals surface area contributed by atoms with E-state index < -0.39 is 5.41 Å². The van der Waals surface area contributed by atoms with Crippen molar-refractivity contribution >= 4 is 17.6 Å². The highest BCUT2D eigenvalue weighted by Gasteiger charge is 2.52. The minimum absolute atomic E-state index is 0.0420. The fourth-order valence-corrected chi connectivity index (χ4v) is 3.90. The standard InChI is InChI=1S/C21H23N3O3/c1-14-3-5-15(6-4-14)12-22-20(26)24-10-9-21(13-24)17-11-16(27-2)7-8-18(17)23-19(21)25/h3-8,11H,9-10,12-13H2,1-2H3,(H,22,26)(H,23,25). The predicted octanol–water partition coefficient (Wildman–Crippen LogP) is 2.81. The second-order valence-corrected chi connectivity index (χ2v) is 7.26. The van der Waals surface area contributed by atoms with E-state index in [1.165, 1.54) is 5.56 Å². The van der Waals surface area contributed by atoms with Gasteiger partial charge in [-0.1, -0.05) is 29.8 Å². The molecule has 6 nitrogen and oxygen atoms in total. The van der Waals surface area contributed by atoms with Crippen LogP contribution in [-0.2, 0) is 16.8 Å². The van der Waals surface area contributed by atoms with Crippen molar-refractivity contribution < 1.29 is 14.3 Å². The number of nitrogens with one attached hydrogen (secondary N) is 2. The molecule has 6 heteroatoms. The van der Waals surface area contributed by atoms with Gasteiger partial charge in [0.1, 0.15) is 5.75 Å². The SMILES string of the molecule is COc1ccc2c(c1)C1(CCN(C(=O)NCc3ccc(C)cc3)C1)C(=O)N2. The lowest BCUT2D eigenvalue weighted by Gasteiger charge is -2.23. The van der Waals surface area contributed by atoms with Crippen molar-refractivity contribution in [1.82, 2.24) is 10.2 Å². The molecule has 27 heavy (non-hydrogen) atoms. The summed E-state index contributed by atoms with van der Waals surface area (Å²) < 4.78 is 5.32. The molecular weight excluding hydrogens is 342 g/mol. The Labute approximate surface area is 158 Å². The van der Waals surface area contributed by atoms with Crippen molar-refractivity contribution in [3.8, 4) is 5.75 Å². The average molecular weight is 365 g/mol. The quantitative estimate of drug-likeness (QED) is 0.879. The molecule has 0 aromatic heterocycles. The summed E-state index contributed by atoms with van der Waals surface area (Å²) in [5, 5.41) is 5.91. The number of likely N-dealkylation sites (tertiary alicyclic amines) is 1. The fraction of sp³-hybridized carbons (Fsp3) is 0.333. The van der Waals surface area contributed by atoms with Crippen LogP contribution < -0.4 is 15.4 Å². The summed E-state index contributed by atoms with van der Waals surface area (Å²) >= 11 is 0.